The standard InChI is InChI=1S/C59H42O3/c60-57(52-32-26-47(27-33-52)44-10-4-1-5-11-44)50-21-16-41(17-22-50)38-43-20-25-55(56(40-43)59(62)54-36-30-49(31-37-54)46-14-8-3-9-15-46)39-42-18-23-51(24-19-42)58(61)53-34-28-48(29-35-53)45-12-6-2-7-13-45/h1-37,40H,38-39H2. The fraction of sp³-hybridized carbons (Fsp3) is 0.0339. The second kappa shape index (κ2) is 18.1. The van der Waals surface area contributed by atoms with Gasteiger partial charge in [0, 0.05) is 33.4 Å². The lowest BCUT2D eigenvalue weighted by Crippen LogP contribution is -2.08. The van der Waals surface area contributed by atoms with Crippen molar-refractivity contribution in [3.05, 3.63) is 286 Å². The Morgan fingerprint density at radius 2 is 0.548 bits per heavy atom. The molecule has 0 spiro atoms. The molecule has 0 aromatic heterocycles. The molecule has 0 atom stereocenters. The molecule has 0 N–H and O–H groups in total. The van der Waals surface area contributed by atoms with E-state index < -0.39 is 0 Å². The summed E-state index contributed by atoms with van der Waals surface area (Å²) in [6, 6.07) is 75.2. The summed E-state index contributed by atoms with van der Waals surface area (Å²) in [4.78, 5) is 41.3. The molecule has 0 bridgehead atoms. The van der Waals surface area contributed by atoms with Crippen molar-refractivity contribution in [3.63, 3.8) is 0 Å². The molecule has 0 aliphatic rings. The Balaban J connectivity index is 0.941. The van der Waals surface area contributed by atoms with Gasteiger partial charge in [0.05, 0.1) is 0 Å². The molecule has 296 valence electrons. The third-order valence-corrected chi connectivity index (χ3v) is 11.4. The zero-order valence-electron chi connectivity index (χ0n) is 34.1. The molecule has 62 heavy (non-hydrogen) atoms. The summed E-state index contributed by atoms with van der Waals surface area (Å²) in [7, 11) is 0. The van der Waals surface area contributed by atoms with Gasteiger partial charge in [0.25, 0.3) is 0 Å². The summed E-state index contributed by atoms with van der Waals surface area (Å²) in [5.41, 5.74) is 14.2. The summed E-state index contributed by atoms with van der Waals surface area (Å²) in [5, 5.41) is 0. The fourth-order valence-corrected chi connectivity index (χ4v) is 7.93. The maximum atomic E-state index is 14.4. The molecule has 0 fully saturated rings. The summed E-state index contributed by atoms with van der Waals surface area (Å²) >= 11 is 0. The lowest BCUT2D eigenvalue weighted by molar-refractivity contribution is 0.103. The molecule has 0 radical (unpaired) electrons. The Bertz CT molecular complexity index is 2970. The Hall–Kier alpha value is -8.01. The zero-order chi connectivity index (χ0) is 42.3. The summed E-state index contributed by atoms with van der Waals surface area (Å²) in [5.74, 6) is -0.113. The molecule has 3 heteroatoms. The second-order valence-corrected chi connectivity index (χ2v) is 15.6. The van der Waals surface area contributed by atoms with Crippen molar-refractivity contribution >= 4 is 17.3 Å². The van der Waals surface area contributed by atoms with Gasteiger partial charge in [-0.05, 0) is 74.5 Å². The predicted molar refractivity (Wildman–Crippen MR) is 251 cm³/mol. The molecule has 3 nitrogen and oxygen atoms in total. The van der Waals surface area contributed by atoms with Gasteiger partial charge < -0.3 is 0 Å². The van der Waals surface area contributed by atoms with Crippen molar-refractivity contribution in [3.8, 4) is 33.4 Å². The molecule has 0 aliphatic heterocycles. The van der Waals surface area contributed by atoms with Crippen LogP contribution in [-0.2, 0) is 12.8 Å². The van der Waals surface area contributed by atoms with Gasteiger partial charge in [0.1, 0.15) is 0 Å². The smallest absolute Gasteiger partial charge is 0.193 e. The van der Waals surface area contributed by atoms with E-state index in [2.05, 4.69) is 42.5 Å². The largest absolute Gasteiger partial charge is 0.289 e. The van der Waals surface area contributed by atoms with Crippen LogP contribution < -0.4 is 0 Å². The Labute approximate surface area is 362 Å². The molecule has 9 aromatic rings. The van der Waals surface area contributed by atoms with E-state index in [4.69, 9.17) is 0 Å². The Morgan fingerprint density at radius 1 is 0.258 bits per heavy atom. The van der Waals surface area contributed by atoms with Crippen LogP contribution in [0.3, 0.4) is 0 Å². The molecule has 0 unspecified atom stereocenters. The molecule has 0 saturated carbocycles. The monoisotopic (exact) mass is 798 g/mol. The minimum atomic E-state index is -0.0496. The van der Waals surface area contributed by atoms with Crippen LogP contribution in [0.1, 0.15) is 70.0 Å². The van der Waals surface area contributed by atoms with E-state index in [1.54, 1.807) is 0 Å². The van der Waals surface area contributed by atoms with Crippen molar-refractivity contribution in [2.24, 2.45) is 0 Å². The highest BCUT2D eigenvalue weighted by molar-refractivity contribution is 6.11. The first-order valence-corrected chi connectivity index (χ1v) is 20.9. The average molecular weight is 799 g/mol. The highest BCUT2D eigenvalue weighted by atomic mass is 16.1. The van der Waals surface area contributed by atoms with Crippen LogP contribution in [0.5, 0.6) is 0 Å². The minimum Gasteiger partial charge on any atom is -0.289 e. The van der Waals surface area contributed by atoms with Gasteiger partial charge in [-0.1, -0.05) is 224 Å². The Morgan fingerprint density at radius 3 is 0.919 bits per heavy atom. The first kappa shape index (κ1) is 39.5. The maximum absolute atomic E-state index is 14.4. The Kier molecular flexibility index (Phi) is 11.5. The fourth-order valence-electron chi connectivity index (χ4n) is 7.93. The molecular formula is C59H42O3. The van der Waals surface area contributed by atoms with Crippen molar-refractivity contribution in [1.29, 1.82) is 0 Å². The lowest BCUT2D eigenvalue weighted by Gasteiger charge is -2.13. The van der Waals surface area contributed by atoms with Crippen LogP contribution in [-0.4, -0.2) is 17.3 Å². The molecular weight excluding hydrogens is 757 g/mol. The average Bonchev–Trinajstić information content (AvgIpc) is 3.35. The summed E-state index contributed by atoms with van der Waals surface area (Å²) in [6.45, 7) is 0. The number of carbonyl (C=O) groups is 3. The summed E-state index contributed by atoms with van der Waals surface area (Å²) in [6.07, 6.45) is 1.11. The van der Waals surface area contributed by atoms with E-state index >= 15 is 0 Å². The predicted octanol–water partition coefficient (Wildman–Crippen LogP) is 13.6. The van der Waals surface area contributed by atoms with Crippen LogP contribution >= 0.6 is 0 Å². The molecule has 9 aromatic carbocycles. The van der Waals surface area contributed by atoms with Crippen molar-refractivity contribution in [1.82, 2.24) is 0 Å². The minimum absolute atomic E-state index is 0.0263. The number of carbonyl (C=O) groups excluding carboxylic acids is 3. The highest BCUT2D eigenvalue weighted by Gasteiger charge is 2.17. The highest BCUT2D eigenvalue weighted by Crippen LogP contribution is 2.27. The van der Waals surface area contributed by atoms with E-state index in [0.29, 0.717) is 46.2 Å². The van der Waals surface area contributed by atoms with Gasteiger partial charge in [-0.3, -0.25) is 14.4 Å². The third-order valence-electron chi connectivity index (χ3n) is 11.4. The molecule has 0 saturated heterocycles. The van der Waals surface area contributed by atoms with E-state index in [-0.39, 0.29) is 17.3 Å². The van der Waals surface area contributed by atoms with E-state index in [9.17, 15) is 14.4 Å². The zero-order valence-corrected chi connectivity index (χ0v) is 34.1. The van der Waals surface area contributed by atoms with Crippen LogP contribution in [0.2, 0.25) is 0 Å². The second-order valence-electron chi connectivity index (χ2n) is 15.6. The quantitative estimate of drug-likeness (QED) is 0.109. The van der Waals surface area contributed by atoms with Crippen molar-refractivity contribution in [2.45, 2.75) is 12.8 Å². The molecule has 9 rings (SSSR count). The molecule has 0 aliphatic carbocycles. The maximum Gasteiger partial charge on any atom is 0.193 e. The van der Waals surface area contributed by atoms with Crippen LogP contribution in [0.15, 0.2) is 231 Å². The van der Waals surface area contributed by atoms with Crippen LogP contribution in [0.4, 0.5) is 0 Å². The SMILES string of the molecule is O=C(c1ccc(Cc2ccc(Cc3ccc(C(=O)c4ccc(-c5ccccc5)cc4)cc3)c(C(=O)c3ccc(-c4ccccc4)cc3)c2)cc1)c1ccc(-c2ccccc2)cc1. The van der Waals surface area contributed by atoms with Crippen LogP contribution in [0, 0.1) is 0 Å². The number of rotatable bonds is 13. The molecule has 0 amide bonds. The number of ketones is 3. The topological polar surface area (TPSA) is 51.2 Å². The van der Waals surface area contributed by atoms with E-state index in [0.717, 1.165) is 55.6 Å². The van der Waals surface area contributed by atoms with Gasteiger partial charge in [0.2, 0.25) is 0 Å². The van der Waals surface area contributed by atoms with E-state index in [1.165, 1.54) is 0 Å². The van der Waals surface area contributed by atoms with Gasteiger partial charge >= 0.3 is 0 Å². The van der Waals surface area contributed by atoms with Crippen LogP contribution in [0.25, 0.3) is 33.4 Å². The first-order chi connectivity index (χ1) is 30.4. The van der Waals surface area contributed by atoms with Gasteiger partial charge in [0.15, 0.2) is 17.3 Å². The van der Waals surface area contributed by atoms with Crippen molar-refractivity contribution < 1.29 is 14.4 Å². The number of benzene rings is 9. The van der Waals surface area contributed by atoms with Gasteiger partial charge in [-0.25, -0.2) is 0 Å². The van der Waals surface area contributed by atoms with Crippen molar-refractivity contribution in [2.75, 3.05) is 0 Å². The third kappa shape index (κ3) is 8.94. The van der Waals surface area contributed by atoms with Gasteiger partial charge in [-0.2, -0.15) is 0 Å². The number of hydrogen-bond donors (Lipinski definition) is 0. The van der Waals surface area contributed by atoms with Gasteiger partial charge in [-0.15, -0.1) is 0 Å². The lowest BCUT2D eigenvalue weighted by atomic mass is 9.90. The first-order valence-electron chi connectivity index (χ1n) is 20.9. The molecule has 0 heterocycles. The number of hydrogen-bond acceptors (Lipinski definition) is 3. The normalized spacial score (nSPS) is 10.9. The van der Waals surface area contributed by atoms with E-state index in [1.807, 2.05) is 188 Å². The summed E-state index contributed by atoms with van der Waals surface area (Å²) < 4.78 is 0.